The van der Waals surface area contributed by atoms with Gasteiger partial charge in [0.1, 0.15) is 5.00 Å². The maximum Gasteiger partial charge on any atom is 0.251 e. The second-order valence-electron chi connectivity index (χ2n) is 5.59. The van der Waals surface area contributed by atoms with Crippen LogP contribution in [0.15, 0.2) is 6.07 Å². The molecule has 2 amide bonds. The van der Waals surface area contributed by atoms with E-state index in [0.717, 1.165) is 4.88 Å². The van der Waals surface area contributed by atoms with Crippen LogP contribution in [0.2, 0.25) is 0 Å². The van der Waals surface area contributed by atoms with Gasteiger partial charge in [-0.3, -0.25) is 9.59 Å². The summed E-state index contributed by atoms with van der Waals surface area (Å²) in [4.78, 5) is 24.6. The molecule has 3 atom stereocenters. The number of anilines is 1. The number of carbonyl (C=O) groups excluding carboxylic acids is 2. The maximum absolute atomic E-state index is 12.3. The van der Waals surface area contributed by atoms with Gasteiger partial charge in [-0.1, -0.05) is 12.8 Å². The number of nitrogens with two attached hydrogens (primary N) is 1. The molecule has 2 aliphatic rings. The van der Waals surface area contributed by atoms with Gasteiger partial charge >= 0.3 is 0 Å². The zero-order chi connectivity index (χ0) is 13.6. The van der Waals surface area contributed by atoms with Crippen LogP contribution in [0, 0.1) is 24.7 Å². The summed E-state index contributed by atoms with van der Waals surface area (Å²) in [5.41, 5.74) is 5.76. The maximum atomic E-state index is 12.3. The van der Waals surface area contributed by atoms with Crippen LogP contribution in [-0.4, -0.2) is 11.8 Å². The number of nitrogens with one attached hydrogen (secondary N) is 1. The zero-order valence-corrected chi connectivity index (χ0v) is 11.8. The van der Waals surface area contributed by atoms with Gasteiger partial charge in [0.25, 0.3) is 5.91 Å². The van der Waals surface area contributed by atoms with Crippen molar-refractivity contribution in [2.75, 3.05) is 5.32 Å². The van der Waals surface area contributed by atoms with Gasteiger partial charge in [0, 0.05) is 10.8 Å². The highest BCUT2D eigenvalue weighted by Gasteiger charge is 2.54. The third kappa shape index (κ3) is 2.27. The molecule has 0 aromatic carbocycles. The van der Waals surface area contributed by atoms with Crippen molar-refractivity contribution in [2.24, 2.45) is 23.5 Å². The van der Waals surface area contributed by atoms with Gasteiger partial charge in [0.2, 0.25) is 5.91 Å². The number of hydrogen-bond donors (Lipinski definition) is 2. The van der Waals surface area contributed by atoms with Gasteiger partial charge in [0.05, 0.1) is 5.56 Å². The van der Waals surface area contributed by atoms with Crippen LogP contribution in [-0.2, 0) is 4.79 Å². The first-order valence-electron chi connectivity index (χ1n) is 6.79. The van der Waals surface area contributed by atoms with E-state index in [1.165, 1.54) is 37.0 Å². The molecule has 0 bridgehead atoms. The van der Waals surface area contributed by atoms with Gasteiger partial charge < -0.3 is 11.1 Å². The molecular formula is C14H18N2O2S. The summed E-state index contributed by atoms with van der Waals surface area (Å²) in [6, 6.07) is 1.74. The average molecular weight is 278 g/mol. The summed E-state index contributed by atoms with van der Waals surface area (Å²) in [6.45, 7) is 1.91. The molecule has 1 heterocycles. The first kappa shape index (κ1) is 12.7. The summed E-state index contributed by atoms with van der Waals surface area (Å²) in [7, 11) is 0. The van der Waals surface area contributed by atoms with Crippen LogP contribution in [0.5, 0.6) is 0 Å². The Balaban J connectivity index is 1.72. The van der Waals surface area contributed by atoms with E-state index < -0.39 is 5.91 Å². The van der Waals surface area contributed by atoms with Crippen LogP contribution in [0.25, 0.3) is 0 Å². The Kier molecular flexibility index (Phi) is 3.09. The molecule has 0 aliphatic heterocycles. The van der Waals surface area contributed by atoms with Crippen molar-refractivity contribution >= 4 is 28.2 Å². The summed E-state index contributed by atoms with van der Waals surface area (Å²) >= 11 is 1.42. The van der Waals surface area contributed by atoms with Crippen molar-refractivity contribution in [2.45, 2.75) is 32.6 Å². The number of thiophene rings is 1. The van der Waals surface area contributed by atoms with Crippen LogP contribution in [0.4, 0.5) is 5.00 Å². The number of rotatable bonds is 3. The fraction of sp³-hybridized carbons (Fsp3) is 0.571. The Morgan fingerprint density at radius 1 is 1.32 bits per heavy atom. The van der Waals surface area contributed by atoms with Crippen molar-refractivity contribution in [3.8, 4) is 0 Å². The van der Waals surface area contributed by atoms with Gasteiger partial charge in [-0.15, -0.1) is 11.3 Å². The first-order chi connectivity index (χ1) is 9.08. The fourth-order valence-electron chi connectivity index (χ4n) is 3.37. The Hall–Kier alpha value is -1.36. The smallest absolute Gasteiger partial charge is 0.251 e. The molecule has 0 spiro atoms. The molecule has 0 radical (unpaired) electrons. The van der Waals surface area contributed by atoms with E-state index in [2.05, 4.69) is 5.32 Å². The van der Waals surface area contributed by atoms with E-state index >= 15 is 0 Å². The molecule has 2 saturated carbocycles. The quantitative estimate of drug-likeness (QED) is 0.891. The van der Waals surface area contributed by atoms with Crippen molar-refractivity contribution in [3.63, 3.8) is 0 Å². The van der Waals surface area contributed by atoms with E-state index in [4.69, 9.17) is 5.73 Å². The highest BCUT2D eigenvalue weighted by Crippen LogP contribution is 2.55. The van der Waals surface area contributed by atoms with Crippen LogP contribution >= 0.6 is 11.3 Å². The van der Waals surface area contributed by atoms with E-state index in [9.17, 15) is 9.59 Å². The SMILES string of the molecule is Cc1cc(C(N)=O)c(NC(=O)C2[C@H]3CCCC[C@@H]23)s1. The molecule has 2 aliphatic carbocycles. The topological polar surface area (TPSA) is 72.2 Å². The lowest BCUT2D eigenvalue weighted by Crippen LogP contribution is -2.18. The molecule has 3 rings (SSSR count). The molecule has 4 nitrogen and oxygen atoms in total. The third-order valence-corrected chi connectivity index (χ3v) is 5.28. The molecule has 1 aromatic heterocycles. The van der Waals surface area contributed by atoms with E-state index in [1.807, 2.05) is 6.92 Å². The second kappa shape index (κ2) is 4.63. The molecule has 1 unspecified atom stereocenters. The third-order valence-electron chi connectivity index (χ3n) is 4.32. The number of primary amides is 1. The Labute approximate surface area is 116 Å². The molecule has 0 saturated heterocycles. The highest BCUT2D eigenvalue weighted by atomic mass is 32.1. The Morgan fingerprint density at radius 2 is 1.95 bits per heavy atom. The molecule has 2 fully saturated rings. The number of amides is 2. The van der Waals surface area contributed by atoms with Crippen LogP contribution in [0.3, 0.4) is 0 Å². The second-order valence-corrected chi connectivity index (χ2v) is 6.85. The van der Waals surface area contributed by atoms with Crippen molar-refractivity contribution in [1.29, 1.82) is 0 Å². The fourth-order valence-corrected chi connectivity index (χ4v) is 4.29. The van der Waals surface area contributed by atoms with Crippen LogP contribution < -0.4 is 11.1 Å². The number of hydrogen-bond acceptors (Lipinski definition) is 3. The van der Waals surface area contributed by atoms with E-state index in [-0.39, 0.29) is 11.8 Å². The summed E-state index contributed by atoms with van der Waals surface area (Å²) in [5.74, 6) is 0.901. The zero-order valence-electron chi connectivity index (χ0n) is 10.9. The van der Waals surface area contributed by atoms with Gasteiger partial charge in [-0.05, 0) is 37.7 Å². The lowest BCUT2D eigenvalue weighted by atomic mass is 10.0. The minimum Gasteiger partial charge on any atom is -0.366 e. The standard InChI is InChI=1S/C14H18N2O2S/c1-7-6-10(12(15)17)14(19-7)16-13(18)11-8-4-2-3-5-9(8)11/h6,8-9,11H,2-5H2,1H3,(H2,15,17)(H,16,18)/t8-,9+,11?. The Bertz CT molecular complexity index is 526. The van der Waals surface area contributed by atoms with E-state index in [1.54, 1.807) is 6.07 Å². The lowest BCUT2D eigenvalue weighted by Gasteiger charge is -2.04. The highest BCUT2D eigenvalue weighted by molar-refractivity contribution is 7.16. The normalized spacial score (nSPS) is 28.6. The predicted molar refractivity (Wildman–Crippen MR) is 75.1 cm³/mol. The lowest BCUT2D eigenvalue weighted by molar-refractivity contribution is -0.117. The summed E-state index contributed by atoms with van der Waals surface area (Å²) in [6.07, 6.45) is 4.84. The van der Waals surface area contributed by atoms with Gasteiger partial charge in [0.15, 0.2) is 0 Å². The molecule has 102 valence electrons. The number of fused-ring (bicyclic) bond motifs is 1. The number of aryl methyl sites for hydroxylation is 1. The molecular weight excluding hydrogens is 260 g/mol. The van der Waals surface area contributed by atoms with E-state index in [0.29, 0.717) is 22.4 Å². The van der Waals surface area contributed by atoms with Crippen molar-refractivity contribution < 1.29 is 9.59 Å². The van der Waals surface area contributed by atoms with Gasteiger partial charge in [-0.25, -0.2) is 0 Å². The minimum atomic E-state index is -0.479. The monoisotopic (exact) mass is 278 g/mol. The van der Waals surface area contributed by atoms with Crippen LogP contribution in [0.1, 0.15) is 40.9 Å². The van der Waals surface area contributed by atoms with Crippen molar-refractivity contribution in [1.82, 2.24) is 0 Å². The largest absolute Gasteiger partial charge is 0.366 e. The predicted octanol–water partition coefficient (Wildman–Crippen LogP) is 2.53. The first-order valence-corrected chi connectivity index (χ1v) is 7.60. The average Bonchev–Trinajstić information content (AvgIpc) is 2.98. The molecule has 1 aromatic rings. The molecule has 3 N–H and O–H groups in total. The summed E-state index contributed by atoms with van der Waals surface area (Å²) in [5, 5.41) is 3.52. The minimum absolute atomic E-state index is 0.0706. The Morgan fingerprint density at radius 3 is 2.53 bits per heavy atom. The number of carbonyl (C=O) groups is 2. The summed E-state index contributed by atoms with van der Waals surface area (Å²) < 4.78 is 0. The van der Waals surface area contributed by atoms with Crippen molar-refractivity contribution in [3.05, 3.63) is 16.5 Å². The van der Waals surface area contributed by atoms with Gasteiger partial charge in [-0.2, -0.15) is 0 Å². The molecule has 5 heteroatoms. The molecule has 19 heavy (non-hydrogen) atoms.